The van der Waals surface area contributed by atoms with Crippen molar-refractivity contribution in [1.82, 2.24) is 31.2 Å². The molecule has 7 atom stereocenters. The molecule has 374 valence electrons. The van der Waals surface area contributed by atoms with E-state index in [9.17, 15) is 33.9 Å². The van der Waals surface area contributed by atoms with Crippen molar-refractivity contribution in [2.45, 2.75) is 142 Å². The quantitative estimate of drug-likeness (QED) is 0.0667. The number of nitrogens with two attached hydrogens (primary N) is 2. The molecular weight excluding hydrogens is 911 g/mol. The summed E-state index contributed by atoms with van der Waals surface area (Å²) in [7, 11) is 0. The van der Waals surface area contributed by atoms with Crippen LogP contribution < -0.4 is 37.6 Å². The molecule has 7 rings (SSSR count). The first-order valence-electron chi connectivity index (χ1n) is 24.2. The fraction of sp³-hybridized carbons (Fsp3) is 0.481. The van der Waals surface area contributed by atoms with Crippen LogP contribution in [0.25, 0.3) is 10.4 Å². The molecule has 18 heteroatoms. The van der Waals surface area contributed by atoms with Crippen LogP contribution in [0, 0.1) is 12.3 Å². The number of anilines is 1. The molecule has 0 radical (unpaired) electrons. The van der Waals surface area contributed by atoms with E-state index in [0.29, 0.717) is 38.6 Å². The highest BCUT2D eigenvalue weighted by atomic mass is 32.1. The molecule has 4 aromatic rings. The van der Waals surface area contributed by atoms with E-state index in [1.54, 1.807) is 16.2 Å². The van der Waals surface area contributed by atoms with E-state index in [-0.39, 0.29) is 56.7 Å². The summed E-state index contributed by atoms with van der Waals surface area (Å²) < 4.78 is 6.24. The van der Waals surface area contributed by atoms with Crippen molar-refractivity contribution in [3.8, 4) is 10.4 Å². The second-order valence-corrected chi connectivity index (χ2v) is 20.7. The summed E-state index contributed by atoms with van der Waals surface area (Å²) in [4.78, 5) is 88.3. The van der Waals surface area contributed by atoms with E-state index >= 15 is 0 Å². The van der Waals surface area contributed by atoms with Gasteiger partial charge in [-0.1, -0.05) is 87.5 Å². The summed E-state index contributed by atoms with van der Waals surface area (Å²) in [5, 5.41) is 22.3. The predicted octanol–water partition coefficient (Wildman–Crippen LogP) is 3.93. The summed E-state index contributed by atoms with van der Waals surface area (Å²) in [5.41, 5.74) is 20.4. The lowest BCUT2D eigenvalue weighted by atomic mass is 9.85. The maximum atomic E-state index is 14.1. The fourth-order valence-electron chi connectivity index (χ4n) is 9.47. The van der Waals surface area contributed by atoms with Crippen molar-refractivity contribution >= 4 is 52.6 Å². The number of hydrogen-bond acceptors (Lipinski definition) is 11. The van der Waals surface area contributed by atoms with Crippen LogP contribution in [0.2, 0.25) is 0 Å². The zero-order valence-electron chi connectivity index (χ0n) is 40.7. The van der Waals surface area contributed by atoms with Gasteiger partial charge in [-0.3, -0.25) is 28.9 Å². The Morgan fingerprint density at radius 2 is 1.63 bits per heavy atom. The average molecular weight is 978 g/mol. The van der Waals surface area contributed by atoms with Crippen LogP contribution in [0.5, 0.6) is 0 Å². The number of aryl methyl sites for hydroxylation is 3. The fourth-order valence-corrected chi connectivity index (χ4v) is 10.3. The summed E-state index contributed by atoms with van der Waals surface area (Å²) >= 11 is 1.57. The number of urea groups is 1. The Bertz CT molecular complexity index is 2530. The third-order valence-electron chi connectivity index (χ3n) is 13.5. The number of benzene rings is 3. The topological polar surface area (TPSA) is 251 Å². The van der Waals surface area contributed by atoms with Gasteiger partial charge >= 0.3 is 6.03 Å². The Kier molecular flexibility index (Phi) is 16.7. The number of rotatable bonds is 19. The van der Waals surface area contributed by atoms with Crippen molar-refractivity contribution in [3.63, 3.8) is 0 Å². The minimum absolute atomic E-state index is 0.0223. The van der Waals surface area contributed by atoms with Crippen molar-refractivity contribution in [2.75, 3.05) is 18.0 Å². The van der Waals surface area contributed by atoms with Gasteiger partial charge in [-0.2, -0.15) is 0 Å². The summed E-state index contributed by atoms with van der Waals surface area (Å²) in [6.45, 7) is 10.1. The molecule has 7 amide bonds. The normalized spacial score (nSPS) is 20.0. The number of likely N-dealkylation sites (tertiary alicyclic amines) is 1. The van der Waals surface area contributed by atoms with E-state index in [4.69, 9.17) is 16.2 Å². The molecule has 17 nitrogen and oxygen atoms in total. The van der Waals surface area contributed by atoms with Gasteiger partial charge in [-0.15, -0.1) is 11.3 Å². The molecule has 3 aliphatic rings. The van der Waals surface area contributed by atoms with Crippen molar-refractivity contribution in [3.05, 3.63) is 106 Å². The van der Waals surface area contributed by atoms with Crippen LogP contribution in [0.3, 0.4) is 0 Å². The Hall–Kier alpha value is -6.21. The van der Waals surface area contributed by atoms with E-state index in [2.05, 4.69) is 26.3 Å². The van der Waals surface area contributed by atoms with Gasteiger partial charge in [0.25, 0.3) is 0 Å². The Morgan fingerprint density at radius 1 is 0.929 bits per heavy atom. The Balaban J connectivity index is 0.860. The van der Waals surface area contributed by atoms with Crippen molar-refractivity contribution in [1.29, 1.82) is 0 Å². The number of carbonyl (C=O) groups is 6. The maximum absolute atomic E-state index is 14.1. The third-order valence-corrected chi connectivity index (χ3v) is 14.5. The molecular formula is C52H67N9O8S. The number of nitrogens with one attached hydrogen (secondary N) is 4. The number of carbonyl (C=O) groups excluding carboxylic acids is 6. The molecule has 1 saturated heterocycles. The molecule has 4 heterocycles. The monoisotopic (exact) mass is 977 g/mol. The number of aromatic nitrogens is 1. The molecule has 1 aromatic heterocycles. The largest absolute Gasteiger partial charge is 0.391 e. The van der Waals surface area contributed by atoms with Crippen LogP contribution in [0.4, 0.5) is 10.5 Å². The zero-order chi connectivity index (χ0) is 50.3. The minimum Gasteiger partial charge on any atom is -0.391 e. The lowest BCUT2D eigenvalue weighted by Gasteiger charge is -2.35. The molecule has 9 N–H and O–H groups in total. The lowest BCUT2D eigenvalue weighted by Crippen LogP contribution is -2.59. The van der Waals surface area contributed by atoms with E-state index in [1.807, 2.05) is 107 Å². The predicted molar refractivity (Wildman–Crippen MR) is 267 cm³/mol. The number of hydrogen-bond donors (Lipinski definition) is 7. The number of thiazole rings is 1. The molecule has 3 aliphatic heterocycles. The highest BCUT2D eigenvalue weighted by molar-refractivity contribution is 7.13. The number of aliphatic hydroxyl groups is 1. The highest BCUT2D eigenvalue weighted by Crippen LogP contribution is 2.39. The molecule has 3 aromatic carbocycles. The molecule has 0 spiro atoms. The molecule has 0 saturated carbocycles. The molecule has 0 bridgehead atoms. The van der Waals surface area contributed by atoms with Gasteiger partial charge in [-0.25, -0.2) is 9.78 Å². The first-order chi connectivity index (χ1) is 33.4. The summed E-state index contributed by atoms with van der Waals surface area (Å²) in [6.07, 6.45) is 1.80. The van der Waals surface area contributed by atoms with Gasteiger partial charge in [-0.05, 0) is 84.7 Å². The number of aliphatic hydroxyl groups excluding tert-OH is 1. The Morgan fingerprint density at radius 3 is 2.31 bits per heavy atom. The molecule has 70 heavy (non-hydrogen) atoms. The molecule has 1 fully saturated rings. The second kappa shape index (κ2) is 22.7. The van der Waals surface area contributed by atoms with Crippen molar-refractivity contribution < 1.29 is 38.6 Å². The zero-order valence-corrected chi connectivity index (χ0v) is 41.5. The Labute approximate surface area is 413 Å². The first-order valence-corrected chi connectivity index (χ1v) is 25.0. The number of nitrogens with zero attached hydrogens (tertiary/aromatic N) is 3. The van der Waals surface area contributed by atoms with E-state index in [0.717, 1.165) is 49.6 Å². The van der Waals surface area contributed by atoms with Gasteiger partial charge in [0, 0.05) is 38.9 Å². The van der Waals surface area contributed by atoms with Gasteiger partial charge in [0.05, 0.1) is 52.7 Å². The van der Waals surface area contributed by atoms with Gasteiger partial charge in [0.1, 0.15) is 18.1 Å². The standard InChI is InChI=1S/C52H67N9O8S/c1-30-45(70-29-57-30)36-17-15-33(16-18-36)26-56-47(64)41-25-38(62)27-60(41)50(67)46(52(3,4)5)59-51(68)55-23-7-8-32-11-13-34(14-12-32)28-69-31(2)40(21-22-43(54)63)58-48(65)42-24-37-10-6-9-35-19-20-39(53)49(66)61(42)44(35)37/h6,9-18,29,31,38-42,46,62H,7-8,19-28,53H2,1-5H3,(H2,54,63)(H,56,64)(H,58,65)(H2,55,59,68)/t31-,38-,39+,40+,41+,42+,46-/m1/s1. The van der Waals surface area contributed by atoms with Gasteiger partial charge in [0.15, 0.2) is 0 Å². The van der Waals surface area contributed by atoms with Gasteiger partial charge in [0.2, 0.25) is 29.5 Å². The number of primary amides is 1. The minimum atomic E-state index is -0.971. The van der Waals surface area contributed by atoms with Gasteiger partial charge < -0.3 is 47.5 Å². The van der Waals surface area contributed by atoms with E-state index < -0.39 is 65.7 Å². The van der Waals surface area contributed by atoms with Crippen LogP contribution in [-0.2, 0) is 61.1 Å². The van der Waals surface area contributed by atoms with Crippen LogP contribution >= 0.6 is 11.3 Å². The number of β-amino-alcohol motifs (C(OH)–C–C–N with tert-alkyl or cyclic N) is 1. The molecule has 0 aliphatic carbocycles. The lowest BCUT2D eigenvalue weighted by molar-refractivity contribution is -0.142. The number of ether oxygens (including phenoxy) is 1. The molecule has 0 unspecified atom stereocenters. The highest BCUT2D eigenvalue weighted by Gasteiger charge is 2.45. The van der Waals surface area contributed by atoms with Crippen LogP contribution in [-0.4, -0.2) is 106 Å². The van der Waals surface area contributed by atoms with Crippen LogP contribution in [0.15, 0.2) is 72.2 Å². The summed E-state index contributed by atoms with van der Waals surface area (Å²) in [5.74, 6) is -1.94. The van der Waals surface area contributed by atoms with Crippen LogP contribution in [0.1, 0.15) is 93.3 Å². The SMILES string of the molecule is Cc1ncsc1-c1ccc(CNC(=O)[C@@H]2C[C@@H](O)CN2C(=O)[C@@H](NC(=O)NCCCc2ccc(CO[C@H](C)[C@H](CCC(N)=O)NC(=O)[C@@H]3Cc4cccc5c4N3C(=O)[C@@H](N)CC5)cc2)C(C)(C)C)cc1. The van der Waals surface area contributed by atoms with Crippen molar-refractivity contribution in [2.24, 2.45) is 16.9 Å². The average Bonchev–Trinajstić information content (AvgIpc) is 4.05. The second-order valence-electron chi connectivity index (χ2n) is 19.8. The van der Waals surface area contributed by atoms with E-state index in [1.165, 1.54) is 4.90 Å². The number of amides is 7. The summed E-state index contributed by atoms with van der Waals surface area (Å²) in [6, 6.07) is 17.2. The number of para-hydroxylation sites is 1. The maximum Gasteiger partial charge on any atom is 0.315 e. The third kappa shape index (κ3) is 12.6. The first kappa shape index (κ1) is 51.6. The smallest absolute Gasteiger partial charge is 0.315 e.